The first-order chi connectivity index (χ1) is 11.1. The van der Waals surface area contributed by atoms with Gasteiger partial charge < -0.3 is 15.0 Å². The molecule has 1 fully saturated rings. The van der Waals surface area contributed by atoms with Crippen LogP contribution in [0.15, 0.2) is 30.3 Å². The van der Waals surface area contributed by atoms with E-state index < -0.39 is 0 Å². The van der Waals surface area contributed by atoms with Crippen molar-refractivity contribution in [3.05, 3.63) is 35.9 Å². The Balaban J connectivity index is 2.08. The Morgan fingerprint density at radius 3 is 2.70 bits per heavy atom. The predicted molar refractivity (Wildman–Crippen MR) is 88.7 cm³/mol. The molecule has 0 radical (unpaired) electrons. The Bertz CT molecular complexity index is 518. The summed E-state index contributed by atoms with van der Waals surface area (Å²) in [6.45, 7) is 5.49. The van der Waals surface area contributed by atoms with Gasteiger partial charge in [0.1, 0.15) is 6.54 Å². The van der Waals surface area contributed by atoms with Crippen LogP contribution < -0.4 is 5.32 Å². The molecule has 1 aliphatic heterocycles. The molecule has 1 saturated heterocycles. The number of piperidine rings is 1. The second kappa shape index (κ2) is 8.67. The van der Waals surface area contributed by atoms with Crippen LogP contribution in [-0.2, 0) is 20.9 Å². The molecule has 0 aromatic heterocycles. The number of carbonyl (C=O) groups excluding carboxylic acids is 2. The smallest absolute Gasteiger partial charge is 0.325 e. The fraction of sp³-hybridized carbons (Fsp3) is 0.556. The summed E-state index contributed by atoms with van der Waals surface area (Å²) in [4.78, 5) is 26.4. The first-order valence-corrected chi connectivity index (χ1v) is 8.32. The number of hydrogen-bond donors (Lipinski definition) is 1. The molecule has 5 heteroatoms. The fourth-order valence-electron chi connectivity index (χ4n) is 2.99. The van der Waals surface area contributed by atoms with Crippen LogP contribution in [0.2, 0.25) is 0 Å². The zero-order valence-electron chi connectivity index (χ0n) is 14.0. The highest BCUT2D eigenvalue weighted by atomic mass is 16.5. The summed E-state index contributed by atoms with van der Waals surface area (Å²) in [6.07, 6.45) is 1.63. The summed E-state index contributed by atoms with van der Waals surface area (Å²) in [7, 11) is 0. The summed E-state index contributed by atoms with van der Waals surface area (Å²) in [5.74, 6) is -0.321. The first kappa shape index (κ1) is 17.5. The number of nitrogens with zero attached hydrogens (tertiary/aromatic N) is 1. The molecule has 5 nitrogen and oxygen atoms in total. The van der Waals surface area contributed by atoms with Gasteiger partial charge in [0.05, 0.1) is 6.61 Å². The minimum atomic E-state index is -0.348. The number of benzene rings is 1. The molecule has 1 aliphatic rings. The monoisotopic (exact) mass is 318 g/mol. The summed E-state index contributed by atoms with van der Waals surface area (Å²) in [5.41, 5.74) is 1.02. The van der Waals surface area contributed by atoms with Crippen LogP contribution in [0.3, 0.4) is 0 Å². The Morgan fingerprint density at radius 2 is 2.04 bits per heavy atom. The lowest BCUT2D eigenvalue weighted by atomic mass is 9.92. The quantitative estimate of drug-likeness (QED) is 0.815. The second-order valence-electron chi connectivity index (χ2n) is 6.06. The Labute approximate surface area is 138 Å². The molecule has 126 valence electrons. The average Bonchev–Trinajstić information content (AvgIpc) is 2.55. The van der Waals surface area contributed by atoms with Crippen molar-refractivity contribution in [3.8, 4) is 0 Å². The fourth-order valence-corrected chi connectivity index (χ4v) is 2.99. The minimum absolute atomic E-state index is 0.0138. The van der Waals surface area contributed by atoms with Gasteiger partial charge in [-0.2, -0.15) is 0 Å². The van der Waals surface area contributed by atoms with Crippen molar-refractivity contribution in [3.63, 3.8) is 0 Å². The van der Waals surface area contributed by atoms with Gasteiger partial charge in [0.15, 0.2) is 0 Å². The van der Waals surface area contributed by atoms with Gasteiger partial charge >= 0.3 is 5.97 Å². The summed E-state index contributed by atoms with van der Waals surface area (Å²) < 4.78 is 5.02. The van der Waals surface area contributed by atoms with Crippen LogP contribution in [-0.4, -0.2) is 42.5 Å². The van der Waals surface area contributed by atoms with Crippen LogP contribution >= 0.6 is 0 Å². The second-order valence-corrected chi connectivity index (χ2v) is 6.06. The molecule has 0 spiro atoms. The third-order valence-electron chi connectivity index (χ3n) is 4.13. The average molecular weight is 318 g/mol. The standard InChI is InChI=1S/C18H26N2O3/c1-3-23-17(21)13-20(12-15-7-5-4-6-8-15)18(22)16-9-10-19-14(2)11-16/h4-8,14,16,19H,3,9-13H2,1-2H3/t14-,16-/m0/s1. The van der Waals surface area contributed by atoms with Crippen LogP contribution in [0, 0.1) is 5.92 Å². The zero-order chi connectivity index (χ0) is 16.7. The lowest BCUT2D eigenvalue weighted by molar-refractivity contribution is -0.151. The molecule has 1 amide bonds. The Hall–Kier alpha value is -1.88. The van der Waals surface area contributed by atoms with Crippen LogP contribution in [0.25, 0.3) is 0 Å². The van der Waals surface area contributed by atoms with Crippen LogP contribution in [0.5, 0.6) is 0 Å². The van der Waals surface area contributed by atoms with E-state index in [1.807, 2.05) is 30.3 Å². The summed E-state index contributed by atoms with van der Waals surface area (Å²) >= 11 is 0. The zero-order valence-corrected chi connectivity index (χ0v) is 14.0. The summed E-state index contributed by atoms with van der Waals surface area (Å²) in [5, 5.41) is 3.35. The number of rotatable bonds is 6. The van der Waals surface area contributed by atoms with E-state index >= 15 is 0 Å². The topological polar surface area (TPSA) is 58.6 Å². The molecule has 0 unspecified atom stereocenters. The van der Waals surface area contributed by atoms with Gasteiger partial charge in [0, 0.05) is 18.5 Å². The molecule has 1 aromatic rings. The highest BCUT2D eigenvalue weighted by Crippen LogP contribution is 2.20. The van der Waals surface area contributed by atoms with Crippen molar-refractivity contribution < 1.29 is 14.3 Å². The number of esters is 1. The molecular weight excluding hydrogens is 292 g/mol. The predicted octanol–water partition coefficient (Wildman–Crippen LogP) is 1.97. The van der Waals surface area contributed by atoms with Crippen LogP contribution in [0.1, 0.15) is 32.3 Å². The van der Waals surface area contributed by atoms with E-state index in [9.17, 15) is 9.59 Å². The highest BCUT2D eigenvalue weighted by Gasteiger charge is 2.29. The van der Waals surface area contributed by atoms with Crippen molar-refractivity contribution in [2.45, 2.75) is 39.3 Å². The van der Waals surface area contributed by atoms with Gasteiger partial charge in [-0.1, -0.05) is 30.3 Å². The maximum absolute atomic E-state index is 12.9. The highest BCUT2D eigenvalue weighted by molar-refractivity contribution is 5.83. The van der Waals surface area contributed by atoms with E-state index in [1.165, 1.54) is 0 Å². The third-order valence-corrected chi connectivity index (χ3v) is 4.13. The molecule has 2 rings (SSSR count). The van der Waals surface area contributed by atoms with E-state index in [0.29, 0.717) is 19.2 Å². The van der Waals surface area contributed by atoms with Gasteiger partial charge in [-0.15, -0.1) is 0 Å². The van der Waals surface area contributed by atoms with Crippen molar-refractivity contribution in [1.82, 2.24) is 10.2 Å². The molecule has 1 heterocycles. The van der Waals surface area contributed by atoms with Gasteiger partial charge in [0.25, 0.3) is 0 Å². The molecular formula is C18H26N2O3. The first-order valence-electron chi connectivity index (χ1n) is 8.32. The number of hydrogen-bond acceptors (Lipinski definition) is 4. The molecule has 0 saturated carbocycles. The number of nitrogens with one attached hydrogen (secondary N) is 1. The minimum Gasteiger partial charge on any atom is -0.465 e. The van der Waals surface area contributed by atoms with E-state index in [-0.39, 0.29) is 24.3 Å². The molecule has 2 atom stereocenters. The molecule has 23 heavy (non-hydrogen) atoms. The van der Waals surface area contributed by atoms with Gasteiger partial charge in [0.2, 0.25) is 5.91 Å². The van der Waals surface area contributed by atoms with E-state index in [1.54, 1.807) is 11.8 Å². The third kappa shape index (κ3) is 5.36. The van der Waals surface area contributed by atoms with Crippen molar-refractivity contribution in [1.29, 1.82) is 0 Å². The van der Waals surface area contributed by atoms with Crippen molar-refractivity contribution in [2.24, 2.45) is 5.92 Å². The van der Waals surface area contributed by atoms with Gasteiger partial charge in [-0.3, -0.25) is 9.59 Å². The van der Waals surface area contributed by atoms with E-state index in [4.69, 9.17) is 4.74 Å². The van der Waals surface area contributed by atoms with E-state index in [0.717, 1.165) is 24.9 Å². The van der Waals surface area contributed by atoms with Gasteiger partial charge in [-0.05, 0) is 38.8 Å². The molecule has 0 bridgehead atoms. The number of amides is 1. The maximum Gasteiger partial charge on any atom is 0.325 e. The van der Waals surface area contributed by atoms with Gasteiger partial charge in [-0.25, -0.2) is 0 Å². The number of ether oxygens (including phenoxy) is 1. The SMILES string of the molecule is CCOC(=O)CN(Cc1ccccc1)C(=O)[C@H]1CCN[C@@H](C)C1. The molecule has 1 aromatic carbocycles. The van der Waals surface area contributed by atoms with Crippen LogP contribution in [0.4, 0.5) is 0 Å². The lowest BCUT2D eigenvalue weighted by Gasteiger charge is -2.31. The Kier molecular flexibility index (Phi) is 6.59. The van der Waals surface area contributed by atoms with E-state index in [2.05, 4.69) is 12.2 Å². The van der Waals surface area contributed by atoms with Crippen molar-refractivity contribution >= 4 is 11.9 Å². The maximum atomic E-state index is 12.9. The van der Waals surface area contributed by atoms with Crippen molar-refractivity contribution in [2.75, 3.05) is 19.7 Å². The molecule has 1 N–H and O–H groups in total. The normalized spacial score (nSPS) is 20.8. The molecule has 0 aliphatic carbocycles. The summed E-state index contributed by atoms with van der Waals surface area (Å²) in [6, 6.07) is 10.1. The number of carbonyl (C=O) groups is 2. The largest absolute Gasteiger partial charge is 0.465 e. The Morgan fingerprint density at radius 1 is 1.30 bits per heavy atom. The lowest BCUT2D eigenvalue weighted by Crippen LogP contribution is -2.45.